The van der Waals surface area contributed by atoms with E-state index in [1.165, 1.54) is 0 Å². The molecular formula is C16H21ClN2O4. The molecule has 1 aliphatic rings. The van der Waals surface area contributed by atoms with Crippen LogP contribution in [0.5, 0.6) is 0 Å². The van der Waals surface area contributed by atoms with Crippen molar-refractivity contribution in [1.29, 1.82) is 0 Å². The van der Waals surface area contributed by atoms with Crippen molar-refractivity contribution < 1.29 is 19.1 Å². The van der Waals surface area contributed by atoms with Crippen molar-refractivity contribution in [2.24, 2.45) is 5.16 Å². The summed E-state index contributed by atoms with van der Waals surface area (Å²) in [6.07, 6.45) is 0. The minimum absolute atomic E-state index is 0.200. The zero-order chi connectivity index (χ0) is 16.5. The van der Waals surface area contributed by atoms with Gasteiger partial charge >= 0.3 is 5.97 Å². The second kappa shape index (κ2) is 9.50. The largest absolute Gasteiger partial charge is 0.462 e. The Morgan fingerprint density at radius 3 is 2.70 bits per heavy atom. The summed E-state index contributed by atoms with van der Waals surface area (Å²) in [5.74, 6) is -0.425. The molecule has 7 heteroatoms. The zero-order valence-electron chi connectivity index (χ0n) is 13.2. The zero-order valence-corrected chi connectivity index (χ0v) is 13.9. The average Bonchev–Trinajstić information content (AvgIpc) is 2.56. The van der Waals surface area contributed by atoms with E-state index in [1.807, 2.05) is 12.1 Å². The molecule has 6 nitrogen and oxygen atoms in total. The molecule has 0 aromatic heterocycles. The van der Waals surface area contributed by atoms with Crippen LogP contribution in [0.4, 0.5) is 0 Å². The molecule has 0 unspecified atom stereocenters. The van der Waals surface area contributed by atoms with E-state index >= 15 is 0 Å². The number of hydrogen-bond acceptors (Lipinski definition) is 6. The average molecular weight is 341 g/mol. The van der Waals surface area contributed by atoms with Crippen molar-refractivity contribution in [2.45, 2.75) is 6.92 Å². The highest BCUT2D eigenvalue weighted by Gasteiger charge is 2.11. The highest BCUT2D eigenvalue weighted by atomic mass is 35.5. The highest BCUT2D eigenvalue weighted by molar-refractivity contribution is 6.30. The lowest BCUT2D eigenvalue weighted by molar-refractivity contribution is -0.149. The van der Waals surface area contributed by atoms with E-state index < -0.39 is 5.97 Å². The Morgan fingerprint density at radius 1 is 1.30 bits per heavy atom. The normalized spacial score (nSPS) is 16.2. The summed E-state index contributed by atoms with van der Waals surface area (Å²) >= 11 is 5.82. The summed E-state index contributed by atoms with van der Waals surface area (Å²) in [7, 11) is 0. The Labute approximate surface area is 140 Å². The fraction of sp³-hybridized carbons (Fsp3) is 0.500. The molecule has 126 valence electrons. The number of morpholine rings is 1. The lowest BCUT2D eigenvalue weighted by Gasteiger charge is -2.26. The van der Waals surface area contributed by atoms with E-state index in [4.69, 9.17) is 25.9 Å². The quantitative estimate of drug-likeness (QED) is 0.431. The van der Waals surface area contributed by atoms with Gasteiger partial charge in [0, 0.05) is 24.7 Å². The first-order valence-corrected chi connectivity index (χ1v) is 7.91. The van der Waals surface area contributed by atoms with Gasteiger partial charge in [0.15, 0.2) is 0 Å². The maximum absolute atomic E-state index is 11.6. The van der Waals surface area contributed by atoms with Crippen LogP contribution in [0, 0.1) is 0 Å². The van der Waals surface area contributed by atoms with E-state index in [1.54, 1.807) is 19.1 Å². The fourth-order valence-electron chi connectivity index (χ4n) is 2.08. The SMILES string of the molecule is C/C(=N\OCC(=O)OCCN1CCOCC1)c1ccc(Cl)cc1. The first-order chi connectivity index (χ1) is 11.1. The number of nitrogens with zero attached hydrogens (tertiary/aromatic N) is 2. The number of oxime groups is 1. The molecule has 0 aliphatic carbocycles. The van der Waals surface area contributed by atoms with Crippen molar-refractivity contribution >= 4 is 23.3 Å². The van der Waals surface area contributed by atoms with Crippen LogP contribution in [0.3, 0.4) is 0 Å². The third kappa shape index (κ3) is 6.56. The molecule has 0 saturated carbocycles. The molecule has 0 bridgehead atoms. The van der Waals surface area contributed by atoms with E-state index in [-0.39, 0.29) is 6.61 Å². The number of esters is 1. The molecular weight excluding hydrogens is 320 g/mol. The summed E-state index contributed by atoms with van der Waals surface area (Å²) in [6, 6.07) is 7.22. The summed E-state index contributed by atoms with van der Waals surface area (Å²) in [6.45, 7) is 5.87. The van der Waals surface area contributed by atoms with Crippen LogP contribution in [0.1, 0.15) is 12.5 Å². The molecule has 1 aliphatic heterocycles. The first-order valence-electron chi connectivity index (χ1n) is 7.53. The third-order valence-electron chi connectivity index (χ3n) is 3.42. The second-order valence-corrected chi connectivity index (χ2v) is 5.57. The third-order valence-corrected chi connectivity index (χ3v) is 3.67. The number of carbonyl (C=O) groups is 1. The minimum Gasteiger partial charge on any atom is -0.462 e. The van der Waals surface area contributed by atoms with Gasteiger partial charge < -0.3 is 14.3 Å². The van der Waals surface area contributed by atoms with Crippen molar-refractivity contribution in [3.8, 4) is 0 Å². The summed E-state index contributed by atoms with van der Waals surface area (Å²) in [4.78, 5) is 18.8. The maximum atomic E-state index is 11.6. The van der Waals surface area contributed by atoms with Gasteiger partial charge in [-0.05, 0) is 24.6 Å². The summed E-state index contributed by atoms with van der Waals surface area (Å²) in [5, 5.41) is 4.57. The molecule has 0 atom stereocenters. The predicted octanol–water partition coefficient (Wildman–Crippen LogP) is 1.96. The van der Waals surface area contributed by atoms with Crippen LogP contribution >= 0.6 is 11.6 Å². The van der Waals surface area contributed by atoms with Crippen LogP contribution in [0.2, 0.25) is 5.02 Å². The molecule has 1 aromatic rings. The number of benzene rings is 1. The van der Waals surface area contributed by atoms with Crippen LogP contribution in [-0.2, 0) is 19.1 Å². The van der Waals surface area contributed by atoms with Gasteiger partial charge in [0.1, 0.15) is 6.61 Å². The van der Waals surface area contributed by atoms with E-state index in [9.17, 15) is 4.79 Å². The topological polar surface area (TPSA) is 60.4 Å². The van der Waals surface area contributed by atoms with Gasteiger partial charge in [-0.2, -0.15) is 0 Å². The molecule has 1 saturated heterocycles. The molecule has 0 spiro atoms. The van der Waals surface area contributed by atoms with Crippen LogP contribution in [-0.4, -0.2) is 62.6 Å². The van der Waals surface area contributed by atoms with Crippen LogP contribution < -0.4 is 0 Å². The molecule has 0 amide bonds. The second-order valence-electron chi connectivity index (χ2n) is 5.13. The molecule has 0 radical (unpaired) electrons. The van der Waals surface area contributed by atoms with Crippen LogP contribution in [0.25, 0.3) is 0 Å². The van der Waals surface area contributed by atoms with Gasteiger partial charge in [-0.3, -0.25) is 4.90 Å². The van der Waals surface area contributed by atoms with Crippen molar-refractivity contribution in [3.63, 3.8) is 0 Å². The fourth-order valence-corrected chi connectivity index (χ4v) is 2.21. The Kier molecular flexibility index (Phi) is 7.32. The van der Waals surface area contributed by atoms with Gasteiger partial charge in [0.25, 0.3) is 0 Å². The number of carbonyl (C=O) groups excluding carboxylic acids is 1. The van der Waals surface area contributed by atoms with Gasteiger partial charge in [0.2, 0.25) is 6.61 Å². The Balaban J connectivity index is 1.63. The molecule has 1 heterocycles. The predicted molar refractivity (Wildman–Crippen MR) is 87.8 cm³/mol. The van der Waals surface area contributed by atoms with Gasteiger partial charge in [-0.25, -0.2) is 4.79 Å². The maximum Gasteiger partial charge on any atom is 0.347 e. The molecule has 2 rings (SSSR count). The van der Waals surface area contributed by atoms with Crippen molar-refractivity contribution in [1.82, 2.24) is 4.90 Å². The standard InChI is InChI=1S/C16H21ClN2O4/c1-13(14-2-4-15(17)5-3-14)18-23-12-16(20)22-11-8-19-6-9-21-10-7-19/h2-5H,6-12H2,1H3/b18-13+. The smallest absolute Gasteiger partial charge is 0.347 e. The van der Waals surface area contributed by atoms with Crippen LogP contribution in [0.15, 0.2) is 29.4 Å². The van der Waals surface area contributed by atoms with Gasteiger partial charge in [0.05, 0.1) is 18.9 Å². The Hall–Kier alpha value is -1.63. The summed E-state index contributed by atoms with van der Waals surface area (Å²) < 4.78 is 10.4. The Bertz CT molecular complexity index is 527. The van der Waals surface area contributed by atoms with Gasteiger partial charge in [-0.15, -0.1) is 0 Å². The molecule has 23 heavy (non-hydrogen) atoms. The first kappa shape index (κ1) is 17.7. The Morgan fingerprint density at radius 2 is 2.00 bits per heavy atom. The monoisotopic (exact) mass is 340 g/mol. The van der Waals surface area contributed by atoms with Crippen molar-refractivity contribution in [2.75, 3.05) is 46.1 Å². The van der Waals surface area contributed by atoms with Crippen molar-refractivity contribution in [3.05, 3.63) is 34.9 Å². The molecule has 1 fully saturated rings. The van der Waals surface area contributed by atoms with E-state index in [0.717, 1.165) is 31.9 Å². The van der Waals surface area contributed by atoms with Gasteiger partial charge in [-0.1, -0.05) is 28.9 Å². The lowest BCUT2D eigenvalue weighted by atomic mass is 10.1. The molecule has 0 N–H and O–H groups in total. The highest BCUT2D eigenvalue weighted by Crippen LogP contribution is 2.10. The van der Waals surface area contributed by atoms with E-state index in [0.29, 0.717) is 23.9 Å². The number of hydrogen-bond donors (Lipinski definition) is 0. The summed E-state index contributed by atoms with van der Waals surface area (Å²) in [5.41, 5.74) is 1.55. The minimum atomic E-state index is -0.425. The van der Waals surface area contributed by atoms with E-state index in [2.05, 4.69) is 10.1 Å². The lowest BCUT2D eigenvalue weighted by Crippen LogP contribution is -2.38. The number of halogens is 1. The number of ether oxygens (including phenoxy) is 2. The molecule has 1 aromatic carbocycles. The number of rotatable bonds is 7.